The molecule has 0 amide bonds. The van der Waals surface area contributed by atoms with Gasteiger partial charge in [0.2, 0.25) is 0 Å². The summed E-state index contributed by atoms with van der Waals surface area (Å²) in [6.45, 7) is 3.61. The number of thiazole rings is 1. The summed E-state index contributed by atoms with van der Waals surface area (Å²) in [4.78, 5) is 9.09. The number of aromatic nitrogens is 1. The molecule has 5 rings (SSSR count). The van der Waals surface area contributed by atoms with Crippen LogP contribution in [-0.2, 0) is 0 Å². The lowest BCUT2D eigenvalue weighted by Gasteiger charge is -2.40. The molecule has 3 aromatic carbocycles. The monoisotopic (exact) mass is 501 g/mol. The topological polar surface area (TPSA) is 58.1 Å². The number of para-hydroxylation sites is 2. The van der Waals surface area contributed by atoms with Crippen LogP contribution in [0.25, 0.3) is 21.8 Å². The van der Waals surface area contributed by atoms with Crippen molar-refractivity contribution in [3.05, 3.63) is 84.2 Å². The highest BCUT2D eigenvalue weighted by molar-refractivity contribution is 7.13. The van der Waals surface area contributed by atoms with Gasteiger partial charge in [0.1, 0.15) is 22.7 Å². The van der Waals surface area contributed by atoms with Gasteiger partial charge in [0.25, 0.3) is 0 Å². The van der Waals surface area contributed by atoms with E-state index in [1.807, 2.05) is 54.6 Å². The van der Waals surface area contributed by atoms with Gasteiger partial charge in [-0.1, -0.05) is 42.5 Å². The zero-order valence-electron chi connectivity index (χ0n) is 20.4. The van der Waals surface area contributed by atoms with Crippen molar-refractivity contribution < 1.29 is 14.6 Å². The predicted octanol–water partition coefficient (Wildman–Crippen LogP) is 5.40. The molecule has 7 heteroatoms. The van der Waals surface area contributed by atoms with E-state index in [4.69, 9.17) is 14.5 Å². The summed E-state index contributed by atoms with van der Waals surface area (Å²) in [6, 6.07) is 26.3. The summed E-state index contributed by atoms with van der Waals surface area (Å²) in [5, 5.41) is 13.8. The number of benzene rings is 3. The first-order valence-electron chi connectivity index (χ1n) is 12.3. The molecule has 0 saturated carbocycles. The van der Waals surface area contributed by atoms with E-state index in [2.05, 4.69) is 39.4 Å². The fraction of sp³-hybridized carbons (Fsp3) is 0.276. The molecule has 1 atom stereocenters. The highest BCUT2D eigenvalue weighted by Gasteiger charge is 2.26. The van der Waals surface area contributed by atoms with Crippen molar-refractivity contribution in [3.8, 4) is 33.3 Å². The third kappa shape index (κ3) is 5.70. The molecule has 1 aliphatic rings. The van der Waals surface area contributed by atoms with Crippen LogP contribution in [0.3, 0.4) is 0 Å². The Morgan fingerprint density at radius 3 is 2.50 bits per heavy atom. The van der Waals surface area contributed by atoms with E-state index in [1.165, 1.54) is 0 Å². The molecule has 1 aliphatic heterocycles. The van der Waals surface area contributed by atoms with Gasteiger partial charge in [-0.15, -0.1) is 11.3 Å². The molecule has 1 fully saturated rings. The largest absolute Gasteiger partial charge is 0.495 e. The number of aliphatic hydroxyl groups is 1. The zero-order chi connectivity index (χ0) is 24.7. The summed E-state index contributed by atoms with van der Waals surface area (Å²) < 4.78 is 11.4. The molecule has 0 aliphatic carbocycles. The van der Waals surface area contributed by atoms with Crippen molar-refractivity contribution in [2.75, 3.05) is 44.8 Å². The molecular weight excluding hydrogens is 470 g/mol. The number of anilines is 1. The number of hydrogen-bond donors (Lipinski definition) is 1. The van der Waals surface area contributed by atoms with Gasteiger partial charge in [0.05, 0.1) is 31.6 Å². The Bertz CT molecular complexity index is 1250. The molecular formula is C29H31N3O3S. The molecule has 36 heavy (non-hydrogen) atoms. The lowest BCUT2D eigenvalue weighted by atomic mass is 10.1. The molecule has 186 valence electrons. The standard InChI is InChI=1S/C29H31N3O3S/c1-34-27-11-6-5-10-26(27)32-18-17-31(28(33)20-32)16-7-19-35-24-14-12-22(13-15-24)25-21-36-29(30-25)23-8-3-2-4-9-23/h2-6,8-15,21,28,33H,7,16-20H2,1H3. The Balaban J connectivity index is 1.08. The van der Waals surface area contributed by atoms with Crippen LogP contribution >= 0.6 is 11.3 Å². The summed E-state index contributed by atoms with van der Waals surface area (Å²) in [7, 11) is 1.68. The quantitative estimate of drug-likeness (QED) is 0.310. The SMILES string of the molecule is COc1ccccc1N1CCN(CCCOc2ccc(-c3csc(-c4ccccc4)n3)cc2)C(O)C1. The second-order valence-corrected chi connectivity index (χ2v) is 9.62. The second kappa shape index (κ2) is 11.6. The third-order valence-electron chi connectivity index (χ3n) is 6.42. The number of ether oxygens (including phenoxy) is 2. The van der Waals surface area contributed by atoms with E-state index >= 15 is 0 Å². The fourth-order valence-corrected chi connectivity index (χ4v) is 5.31. The Labute approximate surface area is 216 Å². The van der Waals surface area contributed by atoms with Gasteiger partial charge in [-0.25, -0.2) is 4.98 Å². The Morgan fingerprint density at radius 2 is 1.72 bits per heavy atom. The number of aliphatic hydroxyl groups excluding tert-OH is 1. The predicted molar refractivity (Wildman–Crippen MR) is 146 cm³/mol. The van der Waals surface area contributed by atoms with E-state index < -0.39 is 6.23 Å². The molecule has 1 aromatic heterocycles. The van der Waals surface area contributed by atoms with E-state index in [-0.39, 0.29) is 0 Å². The van der Waals surface area contributed by atoms with E-state index in [9.17, 15) is 5.11 Å². The van der Waals surface area contributed by atoms with Crippen molar-refractivity contribution in [2.24, 2.45) is 0 Å². The molecule has 0 radical (unpaired) electrons. The molecule has 0 spiro atoms. The minimum Gasteiger partial charge on any atom is -0.495 e. The highest BCUT2D eigenvalue weighted by Crippen LogP contribution is 2.30. The van der Waals surface area contributed by atoms with Crippen molar-refractivity contribution >= 4 is 17.0 Å². The van der Waals surface area contributed by atoms with Crippen LogP contribution in [0.4, 0.5) is 5.69 Å². The maximum atomic E-state index is 10.7. The van der Waals surface area contributed by atoms with Crippen LogP contribution in [0.1, 0.15) is 6.42 Å². The van der Waals surface area contributed by atoms with Crippen LogP contribution < -0.4 is 14.4 Å². The maximum Gasteiger partial charge on any atom is 0.142 e. The van der Waals surface area contributed by atoms with Gasteiger partial charge >= 0.3 is 0 Å². The van der Waals surface area contributed by atoms with Crippen LogP contribution in [0.2, 0.25) is 0 Å². The normalized spacial score (nSPS) is 16.2. The number of hydrogen-bond acceptors (Lipinski definition) is 7. The van der Waals surface area contributed by atoms with Crippen LogP contribution in [0, 0.1) is 0 Å². The fourth-order valence-electron chi connectivity index (χ4n) is 4.47. The Hall–Kier alpha value is -3.39. The average Bonchev–Trinajstić information content (AvgIpc) is 3.43. The molecule has 6 nitrogen and oxygen atoms in total. The minimum absolute atomic E-state index is 0.512. The smallest absolute Gasteiger partial charge is 0.142 e. The Kier molecular flexibility index (Phi) is 7.81. The minimum atomic E-state index is -0.512. The number of nitrogens with zero attached hydrogens (tertiary/aromatic N) is 3. The van der Waals surface area contributed by atoms with Gasteiger partial charge < -0.3 is 19.5 Å². The number of rotatable bonds is 9. The summed E-state index contributed by atoms with van der Waals surface area (Å²) in [5.41, 5.74) is 4.22. The lowest BCUT2D eigenvalue weighted by molar-refractivity contribution is -0.00579. The molecule has 1 saturated heterocycles. The van der Waals surface area contributed by atoms with E-state index in [1.54, 1.807) is 18.4 Å². The van der Waals surface area contributed by atoms with Crippen LogP contribution in [-0.4, -0.2) is 61.1 Å². The molecule has 0 bridgehead atoms. The molecule has 4 aromatic rings. The number of piperazine rings is 1. The first kappa shape index (κ1) is 24.3. The van der Waals surface area contributed by atoms with Gasteiger partial charge in [-0.05, 0) is 42.8 Å². The maximum absolute atomic E-state index is 10.7. The van der Waals surface area contributed by atoms with Crippen molar-refractivity contribution in [2.45, 2.75) is 12.6 Å². The summed E-state index contributed by atoms with van der Waals surface area (Å²) in [5.74, 6) is 1.68. The van der Waals surface area contributed by atoms with Gasteiger partial charge in [0, 0.05) is 36.1 Å². The van der Waals surface area contributed by atoms with Crippen molar-refractivity contribution in [1.82, 2.24) is 9.88 Å². The number of methoxy groups -OCH3 is 1. The van der Waals surface area contributed by atoms with Crippen molar-refractivity contribution in [1.29, 1.82) is 0 Å². The molecule has 2 heterocycles. The average molecular weight is 502 g/mol. The Morgan fingerprint density at radius 1 is 0.944 bits per heavy atom. The molecule has 1 unspecified atom stereocenters. The first-order chi connectivity index (χ1) is 17.7. The van der Waals surface area contributed by atoms with Gasteiger partial charge in [0.15, 0.2) is 0 Å². The summed E-state index contributed by atoms with van der Waals surface area (Å²) in [6.07, 6.45) is 0.335. The highest BCUT2D eigenvalue weighted by atomic mass is 32.1. The van der Waals surface area contributed by atoms with Crippen molar-refractivity contribution in [3.63, 3.8) is 0 Å². The van der Waals surface area contributed by atoms with E-state index in [0.29, 0.717) is 13.2 Å². The van der Waals surface area contributed by atoms with Gasteiger partial charge in [-0.3, -0.25) is 4.90 Å². The zero-order valence-corrected chi connectivity index (χ0v) is 21.2. The first-order valence-corrected chi connectivity index (χ1v) is 13.1. The second-order valence-electron chi connectivity index (χ2n) is 8.76. The molecule has 1 N–H and O–H groups in total. The van der Waals surface area contributed by atoms with Crippen LogP contribution in [0.15, 0.2) is 84.2 Å². The summed E-state index contributed by atoms with van der Waals surface area (Å²) >= 11 is 1.66. The van der Waals surface area contributed by atoms with Gasteiger partial charge in [-0.2, -0.15) is 0 Å². The number of β-amino-alcohol motifs (C(OH)–C–C–N with tert-alkyl or cyclic N) is 1. The lowest BCUT2D eigenvalue weighted by Crippen LogP contribution is -2.53. The third-order valence-corrected chi connectivity index (χ3v) is 7.31. The van der Waals surface area contributed by atoms with E-state index in [0.717, 1.165) is 65.1 Å². The van der Waals surface area contributed by atoms with Crippen LogP contribution in [0.5, 0.6) is 11.5 Å².